The molecule has 0 atom stereocenters. The van der Waals surface area contributed by atoms with Crippen molar-refractivity contribution >= 4 is 15.9 Å². The van der Waals surface area contributed by atoms with E-state index >= 15 is 0 Å². The normalized spacial score (nSPS) is 8.79. The summed E-state index contributed by atoms with van der Waals surface area (Å²) in [5.74, 6) is 0. The Labute approximate surface area is 138 Å². The summed E-state index contributed by atoms with van der Waals surface area (Å²) in [4.78, 5) is 0. The van der Waals surface area contributed by atoms with Crippen LogP contribution in [0.1, 0.15) is 8.42 Å². The van der Waals surface area contributed by atoms with Crippen molar-refractivity contribution in [1.82, 2.24) is 0 Å². The first-order valence-electron chi connectivity index (χ1n) is 5.85. The number of hydrogen-bond acceptors (Lipinski definition) is 4. The molecule has 0 aromatic heterocycles. The Morgan fingerprint density at radius 3 is 1.68 bits per heavy atom. The Morgan fingerprint density at radius 1 is 0.895 bits per heavy atom. The molecule has 6 heteroatoms. The molecule has 0 amide bonds. The van der Waals surface area contributed by atoms with Gasteiger partial charge in [0.1, 0.15) is 0 Å². The van der Waals surface area contributed by atoms with E-state index < -0.39 is 0 Å². The topological polar surface area (TPSA) is 36.9 Å². The number of aryl methyl sites for hydroxylation is 1. The Bertz CT molecular complexity index is 264. The molecule has 0 bridgehead atoms. The quantitative estimate of drug-likeness (QED) is 0.455. The zero-order chi connectivity index (χ0) is 13.5. The second kappa shape index (κ2) is 18.2. The van der Waals surface area contributed by atoms with Gasteiger partial charge in [-0.25, -0.2) is 0 Å². The van der Waals surface area contributed by atoms with Crippen LogP contribution in [0.5, 0.6) is 0 Å². The summed E-state index contributed by atoms with van der Waals surface area (Å²) in [5, 5.41) is 0. The Balaban J connectivity index is -0.000000127. The van der Waals surface area contributed by atoms with Gasteiger partial charge in [-0.1, -0.05) is 35.9 Å². The molecule has 0 N–H and O–H groups in total. The van der Waals surface area contributed by atoms with Crippen LogP contribution >= 0.6 is 0 Å². The van der Waals surface area contributed by atoms with Gasteiger partial charge in [-0.2, -0.15) is 0 Å². The smallest absolute Gasteiger partial charge is 1.00 e. The summed E-state index contributed by atoms with van der Waals surface area (Å²) in [7, 11) is 3.29. The molecule has 0 saturated heterocycles. The third-order valence-electron chi connectivity index (χ3n) is 1.89. The van der Waals surface area contributed by atoms with Gasteiger partial charge in [0, 0.05) is 0 Å². The average molecular weight is 278 g/mol. The number of methoxy groups -OCH3 is 2. The Kier molecular flexibility index (Phi) is 20.6. The van der Waals surface area contributed by atoms with Gasteiger partial charge in [0.15, 0.2) is 0 Å². The van der Waals surface area contributed by atoms with Crippen LogP contribution in [0.3, 0.4) is 0 Å². The second-order valence-corrected chi connectivity index (χ2v) is 4.34. The molecule has 0 aliphatic carbocycles. The van der Waals surface area contributed by atoms with Crippen molar-refractivity contribution in [3.05, 3.63) is 35.9 Å². The van der Waals surface area contributed by atoms with E-state index in [1.54, 1.807) is 14.2 Å². The Hall–Kier alpha value is 0.190. The molecular formula is C13H24AlLiO4. The molecule has 1 aromatic carbocycles. The van der Waals surface area contributed by atoms with E-state index in [0.717, 1.165) is 0 Å². The molecule has 0 aliphatic heterocycles. The summed E-state index contributed by atoms with van der Waals surface area (Å²) in [5.41, 5.74) is 1.32. The van der Waals surface area contributed by atoms with E-state index in [-0.39, 0.29) is 37.6 Å². The fraction of sp³-hybridized carbons (Fsp3) is 0.538. The van der Waals surface area contributed by atoms with Crippen molar-refractivity contribution in [2.24, 2.45) is 0 Å². The molecule has 4 nitrogen and oxygen atoms in total. The molecular weight excluding hydrogens is 254 g/mol. The molecule has 0 saturated carbocycles. The maximum absolute atomic E-state index is 5.10. The predicted molar refractivity (Wildman–Crippen MR) is 74.8 cm³/mol. The minimum Gasteiger partial charge on any atom is -1.00 e. The van der Waals surface area contributed by atoms with Gasteiger partial charge in [0.2, 0.25) is 0 Å². The number of hydrogen-bond donors (Lipinski definition) is 0. The van der Waals surface area contributed by atoms with E-state index in [1.165, 1.54) is 5.56 Å². The van der Waals surface area contributed by atoms with Gasteiger partial charge in [0.25, 0.3) is 0 Å². The number of rotatable bonds is 8. The molecule has 19 heavy (non-hydrogen) atoms. The van der Waals surface area contributed by atoms with Crippen molar-refractivity contribution in [1.29, 1.82) is 0 Å². The predicted octanol–water partition coefficient (Wildman–Crippen LogP) is -0.929. The molecule has 0 heterocycles. The molecule has 0 radical (unpaired) electrons. The first-order valence-corrected chi connectivity index (χ1v) is 6.80. The maximum Gasteiger partial charge on any atom is 1.00 e. The minimum atomic E-state index is -0.349. The summed E-state index contributed by atoms with van der Waals surface area (Å²) in [6.45, 7) is 4.55. The van der Waals surface area contributed by atoms with Crippen LogP contribution in [-0.4, -0.2) is 56.5 Å². The van der Waals surface area contributed by atoms with E-state index in [1.807, 2.05) is 18.2 Å². The van der Waals surface area contributed by atoms with Crippen molar-refractivity contribution < 1.29 is 38.8 Å². The molecule has 0 spiro atoms. The zero-order valence-electron chi connectivity index (χ0n) is 14.4. The largest absolute Gasteiger partial charge is 1.00 e. The number of benzene rings is 1. The van der Waals surface area contributed by atoms with Crippen LogP contribution in [0.2, 0.25) is 0 Å². The molecule has 0 fully saturated rings. The SMILES string of the molecule is COCC[O][Al+][O]CCOC.Cc1ccccc1.[H-].[H-].[Li+]. The molecule has 1 rings (SSSR count). The van der Waals surface area contributed by atoms with E-state index in [4.69, 9.17) is 17.1 Å². The van der Waals surface area contributed by atoms with Crippen molar-refractivity contribution in [2.45, 2.75) is 6.92 Å². The maximum atomic E-state index is 5.10. The van der Waals surface area contributed by atoms with Crippen molar-refractivity contribution in [2.75, 3.05) is 40.6 Å². The van der Waals surface area contributed by atoms with Gasteiger partial charge < -0.3 is 2.85 Å². The van der Waals surface area contributed by atoms with E-state index in [0.29, 0.717) is 26.4 Å². The van der Waals surface area contributed by atoms with Crippen LogP contribution in [0.4, 0.5) is 0 Å². The number of ether oxygens (including phenoxy) is 2. The summed E-state index contributed by atoms with van der Waals surface area (Å²) in [6.07, 6.45) is 0. The summed E-state index contributed by atoms with van der Waals surface area (Å²) < 4.78 is 19.8. The van der Waals surface area contributed by atoms with Crippen LogP contribution in [0.15, 0.2) is 30.3 Å². The van der Waals surface area contributed by atoms with Gasteiger partial charge in [-0.05, 0) is 6.92 Å². The van der Waals surface area contributed by atoms with Gasteiger partial charge >= 0.3 is 92.4 Å². The van der Waals surface area contributed by atoms with Gasteiger partial charge in [0.05, 0.1) is 0 Å². The van der Waals surface area contributed by atoms with Crippen LogP contribution in [-0.2, 0) is 17.1 Å². The molecule has 0 aliphatic rings. The van der Waals surface area contributed by atoms with Crippen molar-refractivity contribution in [3.63, 3.8) is 0 Å². The first kappa shape index (κ1) is 21.5. The fourth-order valence-electron chi connectivity index (χ4n) is 0.942. The third kappa shape index (κ3) is 18.2. The fourth-order valence-corrected chi connectivity index (χ4v) is 1.42. The molecule has 1 aromatic rings. The van der Waals surface area contributed by atoms with Crippen molar-refractivity contribution in [3.8, 4) is 0 Å². The van der Waals surface area contributed by atoms with E-state index in [9.17, 15) is 0 Å². The van der Waals surface area contributed by atoms with E-state index in [2.05, 4.69) is 19.1 Å². The molecule has 104 valence electrons. The monoisotopic (exact) mass is 278 g/mol. The summed E-state index contributed by atoms with van der Waals surface area (Å²) >= 11 is -0.349. The standard InChI is InChI=1S/C7H8.2C3H7O2.Al.Li.2H/c1-7-5-3-2-4-6-7;2*1-5-3-2-4;;;;/h2-6H,1H3;2*2-3H2,1H3;;;;/q;2*-1;+3;+1;2*-1. The average Bonchev–Trinajstić information content (AvgIpc) is 2.39. The minimum absolute atomic E-state index is 0. The van der Waals surface area contributed by atoms with Crippen LogP contribution in [0, 0.1) is 6.92 Å². The zero-order valence-corrected chi connectivity index (χ0v) is 13.6. The Morgan fingerprint density at radius 2 is 1.37 bits per heavy atom. The van der Waals surface area contributed by atoms with Gasteiger partial charge in [-0.15, -0.1) is 0 Å². The molecule has 0 unspecified atom stereocenters. The first-order chi connectivity index (χ1) is 8.81. The van der Waals surface area contributed by atoms with Gasteiger partial charge in [-0.3, -0.25) is 0 Å². The summed E-state index contributed by atoms with van der Waals surface area (Å²) in [6, 6.07) is 10.3. The second-order valence-electron chi connectivity index (χ2n) is 3.48. The van der Waals surface area contributed by atoms with Crippen LogP contribution < -0.4 is 18.9 Å². The third-order valence-corrected chi connectivity index (χ3v) is 2.63. The van der Waals surface area contributed by atoms with Crippen LogP contribution in [0.25, 0.3) is 0 Å².